The Balaban J connectivity index is 2.01. The average Bonchev–Trinajstić information content (AvgIpc) is 2.71. The molecule has 114 valence electrons. The molecule has 20 heavy (non-hydrogen) atoms. The van der Waals surface area contributed by atoms with Crippen LogP contribution in [0, 0.1) is 0 Å². The number of thiazole rings is 1. The number of hydrogen-bond acceptors (Lipinski definition) is 5. The van der Waals surface area contributed by atoms with E-state index in [1.165, 1.54) is 4.88 Å². The first-order chi connectivity index (χ1) is 9.15. The third-order valence-corrected chi connectivity index (χ3v) is 4.23. The molecule has 0 saturated carbocycles. The van der Waals surface area contributed by atoms with Crippen molar-refractivity contribution in [2.24, 2.45) is 0 Å². The zero-order chi connectivity index (χ0) is 15.0. The Morgan fingerprint density at radius 1 is 1.50 bits per heavy atom. The van der Waals surface area contributed by atoms with E-state index in [9.17, 15) is 0 Å². The highest BCUT2D eigenvalue weighted by atomic mass is 32.1. The summed E-state index contributed by atoms with van der Waals surface area (Å²) in [5.74, 6) is 0. The van der Waals surface area contributed by atoms with Crippen LogP contribution in [0.25, 0.3) is 0 Å². The molecule has 1 aromatic heterocycles. The van der Waals surface area contributed by atoms with Crippen molar-refractivity contribution >= 4 is 16.5 Å². The predicted octanol–water partition coefficient (Wildman–Crippen LogP) is 3.03. The van der Waals surface area contributed by atoms with Crippen molar-refractivity contribution in [3.05, 3.63) is 11.1 Å². The van der Waals surface area contributed by atoms with Crippen molar-refractivity contribution in [3.8, 4) is 0 Å². The molecular weight excluding hydrogens is 270 g/mol. The van der Waals surface area contributed by atoms with Crippen molar-refractivity contribution in [3.63, 3.8) is 0 Å². The summed E-state index contributed by atoms with van der Waals surface area (Å²) in [6.07, 6.45) is 2.24. The summed E-state index contributed by atoms with van der Waals surface area (Å²) in [6, 6.07) is 0. The van der Waals surface area contributed by atoms with Gasteiger partial charge in [0.2, 0.25) is 0 Å². The Morgan fingerprint density at radius 2 is 2.20 bits per heavy atom. The second kappa shape index (κ2) is 5.62. The standard InChI is InChI=1S/C15H27N3OS/c1-11-9-18(10-15(5,6)19-11)13-16-7-12(20-13)8-17-14(2,3)4/h7,11,17H,8-10H2,1-6H3. The van der Waals surface area contributed by atoms with Gasteiger partial charge >= 0.3 is 0 Å². The maximum atomic E-state index is 5.95. The predicted molar refractivity (Wildman–Crippen MR) is 85.5 cm³/mol. The van der Waals surface area contributed by atoms with Crippen LogP contribution in [-0.4, -0.2) is 35.3 Å². The van der Waals surface area contributed by atoms with Gasteiger partial charge in [0.1, 0.15) is 0 Å². The Hall–Kier alpha value is -0.650. The van der Waals surface area contributed by atoms with Gasteiger partial charge in [0.15, 0.2) is 5.13 Å². The van der Waals surface area contributed by atoms with Gasteiger partial charge in [-0.3, -0.25) is 0 Å². The molecule has 0 aromatic carbocycles. The summed E-state index contributed by atoms with van der Waals surface area (Å²) in [5.41, 5.74) is 0.0345. The van der Waals surface area contributed by atoms with E-state index in [0.29, 0.717) is 0 Å². The SMILES string of the molecule is CC1CN(c2ncc(CNC(C)(C)C)s2)CC(C)(C)O1. The lowest BCUT2D eigenvalue weighted by Crippen LogP contribution is -2.52. The molecule has 1 aliphatic rings. The highest BCUT2D eigenvalue weighted by Gasteiger charge is 2.32. The maximum Gasteiger partial charge on any atom is 0.185 e. The van der Waals surface area contributed by atoms with Crippen molar-refractivity contribution in [2.45, 2.75) is 65.3 Å². The van der Waals surface area contributed by atoms with Crippen molar-refractivity contribution in [1.29, 1.82) is 0 Å². The number of aromatic nitrogens is 1. The van der Waals surface area contributed by atoms with Crippen molar-refractivity contribution < 1.29 is 4.74 Å². The molecule has 0 radical (unpaired) electrons. The Labute approximate surface area is 126 Å². The number of morpholine rings is 1. The van der Waals surface area contributed by atoms with Gasteiger partial charge in [0, 0.05) is 36.2 Å². The topological polar surface area (TPSA) is 37.4 Å². The Kier molecular flexibility index (Phi) is 4.42. The maximum absolute atomic E-state index is 5.95. The van der Waals surface area contributed by atoms with E-state index in [0.717, 1.165) is 24.8 Å². The van der Waals surface area contributed by atoms with Crippen LogP contribution >= 0.6 is 11.3 Å². The lowest BCUT2D eigenvalue weighted by atomic mass is 10.1. The number of anilines is 1. The average molecular weight is 297 g/mol. The number of nitrogens with zero attached hydrogens (tertiary/aromatic N) is 2. The number of ether oxygens (including phenoxy) is 1. The number of rotatable bonds is 3. The molecule has 1 aromatic rings. The zero-order valence-electron chi connectivity index (χ0n) is 13.5. The van der Waals surface area contributed by atoms with Crippen LogP contribution in [-0.2, 0) is 11.3 Å². The fourth-order valence-corrected chi connectivity index (χ4v) is 3.33. The first-order valence-electron chi connectivity index (χ1n) is 7.27. The molecule has 1 N–H and O–H groups in total. The molecule has 1 fully saturated rings. The summed E-state index contributed by atoms with van der Waals surface area (Å²) in [4.78, 5) is 8.22. The highest BCUT2D eigenvalue weighted by molar-refractivity contribution is 7.15. The largest absolute Gasteiger partial charge is 0.369 e. The first kappa shape index (κ1) is 15.7. The summed E-state index contributed by atoms with van der Waals surface area (Å²) in [6.45, 7) is 15.7. The van der Waals surface area contributed by atoms with E-state index in [-0.39, 0.29) is 17.2 Å². The minimum atomic E-state index is -0.104. The molecule has 1 aliphatic heterocycles. The van der Waals surface area contributed by atoms with Crippen LogP contribution in [0.5, 0.6) is 0 Å². The van der Waals surface area contributed by atoms with Gasteiger partial charge in [0.05, 0.1) is 11.7 Å². The molecule has 1 atom stereocenters. The van der Waals surface area contributed by atoms with E-state index in [2.05, 4.69) is 56.7 Å². The summed E-state index contributed by atoms with van der Waals surface area (Å²) < 4.78 is 5.95. The van der Waals surface area contributed by atoms with E-state index >= 15 is 0 Å². The molecular formula is C15H27N3OS. The number of nitrogens with one attached hydrogen (secondary N) is 1. The fourth-order valence-electron chi connectivity index (χ4n) is 2.48. The minimum absolute atomic E-state index is 0.104. The van der Waals surface area contributed by atoms with E-state index in [1.807, 2.05) is 6.20 Å². The number of hydrogen-bond donors (Lipinski definition) is 1. The molecule has 1 unspecified atom stereocenters. The van der Waals surface area contributed by atoms with Gasteiger partial charge in [0.25, 0.3) is 0 Å². The minimum Gasteiger partial charge on any atom is -0.369 e. The molecule has 4 nitrogen and oxygen atoms in total. The Morgan fingerprint density at radius 3 is 2.80 bits per heavy atom. The lowest BCUT2D eigenvalue weighted by Gasteiger charge is -2.41. The lowest BCUT2D eigenvalue weighted by molar-refractivity contribution is -0.0749. The second-order valence-electron chi connectivity index (χ2n) is 7.28. The van der Waals surface area contributed by atoms with Crippen LogP contribution in [0.4, 0.5) is 5.13 Å². The van der Waals surface area contributed by atoms with Crippen LogP contribution in [0.2, 0.25) is 0 Å². The van der Waals surface area contributed by atoms with Gasteiger partial charge in [-0.15, -0.1) is 11.3 Å². The third-order valence-electron chi connectivity index (χ3n) is 3.17. The van der Waals surface area contributed by atoms with Crippen LogP contribution in [0.3, 0.4) is 0 Å². The monoisotopic (exact) mass is 297 g/mol. The summed E-state index contributed by atoms with van der Waals surface area (Å²) >= 11 is 1.78. The van der Waals surface area contributed by atoms with E-state index in [1.54, 1.807) is 11.3 Å². The smallest absolute Gasteiger partial charge is 0.185 e. The molecule has 0 aliphatic carbocycles. The van der Waals surface area contributed by atoms with Gasteiger partial charge in [-0.05, 0) is 41.5 Å². The van der Waals surface area contributed by atoms with Gasteiger partial charge in [-0.1, -0.05) is 0 Å². The summed E-state index contributed by atoms with van der Waals surface area (Å²) in [7, 11) is 0. The molecule has 0 amide bonds. The van der Waals surface area contributed by atoms with Gasteiger partial charge in [-0.25, -0.2) is 4.98 Å². The van der Waals surface area contributed by atoms with Crippen LogP contribution in [0.15, 0.2) is 6.20 Å². The normalized spacial score (nSPS) is 23.1. The Bertz CT molecular complexity index is 450. The van der Waals surface area contributed by atoms with Gasteiger partial charge < -0.3 is 15.0 Å². The molecule has 2 heterocycles. The third kappa shape index (κ3) is 4.43. The van der Waals surface area contributed by atoms with Crippen LogP contribution < -0.4 is 10.2 Å². The van der Waals surface area contributed by atoms with Crippen molar-refractivity contribution in [2.75, 3.05) is 18.0 Å². The first-order valence-corrected chi connectivity index (χ1v) is 8.09. The quantitative estimate of drug-likeness (QED) is 0.930. The zero-order valence-corrected chi connectivity index (χ0v) is 14.3. The van der Waals surface area contributed by atoms with E-state index in [4.69, 9.17) is 4.74 Å². The summed E-state index contributed by atoms with van der Waals surface area (Å²) in [5, 5.41) is 4.62. The highest BCUT2D eigenvalue weighted by Crippen LogP contribution is 2.29. The second-order valence-corrected chi connectivity index (χ2v) is 8.38. The molecule has 0 bridgehead atoms. The van der Waals surface area contributed by atoms with Crippen LogP contribution in [0.1, 0.15) is 46.4 Å². The molecule has 1 saturated heterocycles. The van der Waals surface area contributed by atoms with Gasteiger partial charge in [-0.2, -0.15) is 0 Å². The fraction of sp³-hybridized carbons (Fsp3) is 0.800. The molecule has 0 spiro atoms. The van der Waals surface area contributed by atoms with Crippen molar-refractivity contribution in [1.82, 2.24) is 10.3 Å². The van der Waals surface area contributed by atoms with E-state index < -0.39 is 0 Å². The molecule has 5 heteroatoms. The molecule has 2 rings (SSSR count).